The van der Waals surface area contributed by atoms with Crippen LogP contribution in [0.5, 0.6) is 0 Å². The van der Waals surface area contributed by atoms with E-state index in [9.17, 15) is 0 Å². The van der Waals surface area contributed by atoms with Gasteiger partial charge in [0.25, 0.3) is 0 Å². The Hall–Kier alpha value is -0.0800. The molecule has 0 bridgehead atoms. The van der Waals surface area contributed by atoms with Crippen LogP contribution in [0.15, 0.2) is 0 Å². The number of hydrogen-bond donors (Lipinski definition) is 1. The molecule has 0 spiro atoms. The Kier molecular flexibility index (Phi) is 4.04. The molecule has 0 saturated heterocycles. The first kappa shape index (κ1) is 10.9. The summed E-state index contributed by atoms with van der Waals surface area (Å²) in [5, 5.41) is 9.09. The summed E-state index contributed by atoms with van der Waals surface area (Å²) in [6.07, 6.45) is -0.438. The van der Waals surface area contributed by atoms with Crippen molar-refractivity contribution in [1.82, 2.24) is 0 Å². The van der Waals surface area contributed by atoms with Crippen molar-refractivity contribution in [2.75, 3.05) is 6.61 Å². The molecule has 0 aliphatic rings. The molecule has 0 radical (unpaired) electrons. The second-order valence-corrected chi connectivity index (χ2v) is 4.32. The van der Waals surface area contributed by atoms with E-state index in [1.54, 1.807) is 6.92 Å². The van der Waals surface area contributed by atoms with E-state index in [1.165, 1.54) is 0 Å². The largest absolute Gasteiger partial charge is 0.391 e. The maximum absolute atomic E-state index is 9.09. The van der Waals surface area contributed by atoms with E-state index in [-0.39, 0.29) is 17.6 Å². The predicted molar refractivity (Wildman–Crippen MR) is 46.5 cm³/mol. The van der Waals surface area contributed by atoms with Gasteiger partial charge in [-0.2, -0.15) is 0 Å². The minimum absolute atomic E-state index is 0.0609. The van der Waals surface area contributed by atoms with E-state index < -0.39 is 0 Å². The Morgan fingerprint density at radius 3 is 2.00 bits per heavy atom. The molecule has 2 nitrogen and oxygen atoms in total. The lowest BCUT2D eigenvalue weighted by Crippen LogP contribution is -2.27. The zero-order valence-electron chi connectivity index (χ0n) is 8.22. The maximum Gasteiger partial charge on any atom is 0.0803 e. The molecule has 2 atom stereocenters. The van der Waals surface area contributed by atoms with Crippen LogP contribution in [0.3, 0.4) is 0 Å². The van der Waals surface area contributed by atoms with E-state index in [1.807, 2.05) is 6.92 Å². The molecule has 0 aliphatic heterocycles. The monoisotopic (exact) mass is 160 g/mol. The average molecular weight is 160 g/mol. The summed E-state index contributed by atoms with van der Waals surface area (Å²) in [6.45, 7) is 10.7. The summed E-state index contributed by atoms with van der Waals surface area (Å²) in [5.74, 6) is 0. The van der Waals surface area contributed by atoms with E-state index in [2.05, 4.69) is 20.8 Å². The SMILES string of the molecule is CC(O)C(C)OCC(C)(C)C. The van der Waals surface area contributed by atoms with Crippen molar-refractivity contribution >= 4 is 0 Å². The first-order valence-electron chi connectivity index (χ1n) is 4.12. The Balaban J connectivity index is 3.54. The molecule has 2 heteroatoms. The number of rotatable bonds is 3. The number of ether oxygens (including phenoxy) is 1. The van der Waals surface area contributed by atoms with Crippen molar-refractivity contribution in [1.29, 1.82) is 0 Å². The third-order valence-corrected chi connectivity index (χ3v) is 1.46. The van der Waals surface area contributed by atoms with E-state index in [0.29, 0.717) is 6.61 Å². The molecule has 0 aromatic rings. The van der Waals surface area contributed by atoms with E-state index >= 15 is 0 Å². The number of aliphatic hydroxyl groups is 1. The molecule has 0 saturated carbocycles. The topological polar surface area (TPSA) is 29.5 Å². The van der Waals surface area contributed by atoms with Gasteiger partial charge in [0.15, 0.2) is 0 Å². The fraction of sp³-hybridized carbons (Fsp3) is 1.00. The maximum atomic E-state index is 9.09. The van der Waals surface area contributed by atoms with Crippen LogP contribution in [0.1, 0.15) is 34.6 Å². The third-order valence-electron chi connectivity index (χ3n) is 1.46. The van der Waals surface area contributed by atoms with Gasteiger partial charge in [-0.25, -0.2) is 0 Å². The van der Waals surface area contributed by atoms with Gasteiger partial charge in [0.2, 0.25) is 0 Å². The summed E-state index contributed by atoms with van der Waals surface area (Å²) < 4.78 is 5.42. The summed E-state index contributed by atoms with van der Waals surface area (Å²) in [4.78, 5) is 0. The van der Waals surface area contributed by atoms with Crippen LogP contribution in [0, 0.1) is 5.41 Å². The molecule has 68 valence electrons. The molecule has 0 rings (SSSR count). The van der Waals surface area contributed by atoms with Crippen LogP contribution in [-0.4, -0.2) is 23.9 Å². The van der Waals surface area contributed by atoms with Crippen molar-refractivity contribution in [2.45, 2.75) is 46.8 Å². The molecule has 0 fully saturated rings. The number of hydrogen-bond acceptors (Lipinski definition) is 2. The Labute approximate surface area is 69.6 Å². The van der Waals surface area contributed by atoms with Gasteiger partial charge in [-0.1, -0.05) is 20.8 Å². The molecule has 0 aromatic carbocycles. The van der Waals surface area contributed by atoms with Gasteiger partial charge in [0.1, 0.15) is 0 Å². The Bertz CT molecular complexity index is 103. The molecule has 1 N–H and O–H groups in total. The van der Waals surface area contributed by atoms with E-state index in [0.717, 1.165) is 0 Å². The highest BCUT2D eigenvalue weighted by Crippen LogP contribution is 2.14. The molecule has 0 heterocycles. The smallest absolute Gasteiger partial charge is 0.0803 e. The van der Waals surface area contributed by atoms with Gasteiger partial charge in [0.05, 0.1) is 18.8 Å². The molecule has 2 unspecified atom stereocenters. The highest BCUT2D eigenvalue weighted by molar-refractivity contribution is 4.63. The molecule has 0 aliphatic carbocycles. The summed E-state index contributed by atoms with van der Waals surface area (Å²) >= 11 is 0. The van der Waals surface area contributed by atoms with Crippen LogP contribution in [0.2, 0.25) is 0 Å². The lowest BCUT2D eigenvalue weighted by atomic mass is 9.98. The zero-order valence-corrected chi connectivity index (χ0v) is 8.22. The summed E-state index contributed by atoms with van der Waals surface area (Å²) in [7, 11) is 0. The number of aliphatic hydroxyl groups excluding tert-OH is 1. The second kappa shape index (κ2) is 4.07. The first-order chi connectivity index (χ1) is 4.83. The molecule has 0 amide bonds. The van der Waals surface area contributed by atoms with Crippen LogP contribution < -0.4 is 0 Å². The van der Waals surface area contributed by atoms with Gasteiger partial charge in [-0.05, 0) is 19.3 Å². The van der Waals surface area contributed by atoms with Crippen molar-refractivity contribution in [3.63, 3.8) is 0 Å². The standard InChI is InChI=1S/C9H20O2/c1-7(10)8(2)11-6-9(3,4)5/h7-8,10H,6H2,1-5H3. The van der Waals surface area contributed by atoms with Gasteiger partial charge < -0.3 is 9.84 Å². The van der Waals surface area contributed by atoms with Crippen molar-refractivity contribution in [3.05, 3.63) is 0 Å². The van der Waals surface area contributed by atoms with E-state index in [4.69, 9.17) is 9.84 Å². The average Bonchev–Trinajstić information content (AvgIpc) is 1.80. The molecular formula is C9H20O2. The van der Waals surface area contributed by atoms with Crippen molar-refractivity contribution in [2.24, 2.45) is 5.41 Å². The third kappa shape index (κ3) is 6.32. The van der Waals surface area contributed by atoms with Crippen molar-refractivity contribution in [3.8, 4) is 0 Å². The van der Waals surface area contributed by atoms with Crippen LogP contribution in [0.25, 0.3) is 0 Å². The van der Waals surface area contributed by atoms with Crippen LogP contribution in [-0.2, 0) is 4.74 Å². The van der Waals surface area contributed by atoms with Crippen molar-refractivity contribution < 1.29 is 9.84 Å². The predicted octanol–water partition coefficient (Wildman–Crippen LogP) is 1.82. The highest BCUT2D eigenvalue weighted by atomic mass is 16.5. The first-order valence-corrected chi connectivity index (χ1v) is 4.12. The molecule has 11 heavy (non-hydrogen) atoms. The Morgan fingerprint density at radius 2 is 1.73 bits per heavy atom. The quantitative estimate of drug-likeness (QED) is 0.682. The van der Waals surface area contributed by atoms with Gasteiger partial charge in [0, 0.05) is 0 Å². The minimum atomic E-state index is -0.377. The molecule has 0 aromatic heterocycles. The van der Waals surface area contributed by atoms with Crippen LogP contribution in [0.4, 0.5) is 0 Å². The summed E-state index contributed by atoms with van der Waals surface area (Å²) in [5.41, 5.74) is 0.184. The highest BCUT2D eigenvalue weighted by Gasteiger charge is 2.15. The zero-order chi connectivity index (χ0) is 9.07. The lowest BCUT2D eigenvalue weighted by Gasteiger charge is -2.23. The fourth-order valence-corrected chi connectivity index (χ4v) is 0.521. The lowest BCUT2D eigenvalue weighted by molar-refractivity contribution is -0.0437. The minimum Gasteiger partial charge on any atom is -0.391 e. The normalized spacial score (nSPS) is 18.0. The molecular weight excluding hydrogens is 140 g/mol. The van der Waals surface area contributed by atoms with Gasteiger partial charge in [-0.3, -0.25) is 0 Å². The second-order valence-electron chi connectivity index (χ2n) is 4.32. The van der Waals surface area contributed by atoms with Gasteiger partial charge >= 0.3 is 0 Å². The van der Waals surface area contributed by atoms with Gasteiger partial charge in [-0.15, -0.1) is 0 Å². The Morgan fingerprint density at radius 1 is 1.27 bits per heavy atom. The summed E-state index contributed by atoms with van der Waals surface area (Å²) in [6, 6.07) is 0. The van der Waals surface area contributed by atoms with Crippen LogP contribution >= 0.6 is 0 Å². The fourth-order valence-electron chi connectivity index (χ4n) is 0.521.